The van der Waals surface area contributed by atoms with E-state index in [1.807, 2.05) is 0 Å². The Hall–Kier alpha value is -1.06. The highest BCUT2D eigenvalue weighted by atomic mass is 16.2. The summed E-state index contributed by atoms with van der Waals surface area (Å²) >= 11 is 0. The first kappa shape index (κ1) is 8.04. The van der Waals surface area contributed by atoms with Crippen molar-refractivity contribution in [2.45, 2.75) is 25.8 Å². The van der Waals surface area contributed by atoms with Gasteiger partial charge in [0.15, 0.2) is 0 Å². The highest BCUT2D eigenvalue weighted by Crippen LogP contribution is 2.16. The van der Waals surface area contributed by atoms with Crippen molar-refractivity contribution in [3.05, 3.63) is 0 Å². The van der Waals surface area contributed by atoms with E-state index in [4.69, 9.17) is 5.73 Å². The molecule has 1 unspecified atom stereocenters. The maximum absolute atomic E-state index is 10.9. The van der Waals surface area contributed by atoms with Crippen LogP contribution in [0.15, 0.2) is 0 Å². The molecule has 1 fully saturated rings. The molecule has 1 aliphatic rings. The predicted molar refractivity (Wildman–Crippen MR) is 41.7 cm³/mol. The van der Waals surface area contributed by atoms with Crippen molar-refractivity contribution >= 4 is 11.8 Å². The number of likely N-dealkylation sites (tertiary alicyclic amines) is 1. The fourth-order valence-corrected chi connectivity index (χ4v) is 1.44. The van der Waals surface area contributed by atoms with Gasteiger partial charge in [0.05, 0.1) is 0 Å². The van der Waals surface area contributed by atoms with E-state index in [9.17, 15) is 9.59 Å². The van der Waals surface area contributed by atoms with Gasteiger partial charge in [-0.15, -0.1) is 0 Å². The molecule has 11 heavy (non-hydrogen) atoms. The maximum atomic E-state index is 10.9. The number of carbonyl (C=O) groups is 2. The average molecular weight is 159 g/mol. The van der Waals surface area contributed by atoms with E-state index >= 15 is 0 Å². The Balaban J connectivity index is 0.00000121. The Kier molecular flexibility index (Phi) is 2.12. The van der Waals surface area contributed by atoms with Crippen LogP contribution in [-0.2, 0) is 9.59 Å². The van der Waals surface area contributed by atoms with Gasteiger partial charge < -0.3 is 10.6 Å². The minimum absolute atomic E-state index is 0. The molecule has 1 aliphatic heterocycles. The predicted octanol–water partition coefficient (Wildman–Crippen LogP) is -0.271. The van der Waals surface area contributed by atoms with Gasteiger partial charge in [0, 0.05) is 14.9 Å². The number of amides is 2. The fraction of sp³-hybridized carbons (Fsp3) is 0.714. The number of primary amides is 1. The normalized spacial score (nSPS) is 23.7. The van der Waals surface area contributed by atoms with Gasteiger partial charge >= 0.3 is 0 Å². The Labute approximate surface area is 66.8 Å². The van der Waals surface area contributed by atoms with Crippen molar-refractivity contribution in [1.29, 1.82) is 0 Å². The van der Waals surface area contributed by atoms with E-state index < -0.39 is 5.91 Å². The molecular weight excluding hydrogens is 144 g/mol. The molecular formula is C7H14N2O2. The highest BCUT2D eigenvalue weighted by molar-refractivity contribution is 5.86. The molecule has 0 aliphatic carbocycles. The monoisotopic (exact) mass is 159 g/mol. The smallest absolute Gasteiger partial charge is 0.240 e. The van der Waals surface area contributed by atoms with Crippen LogP contribution in [0.1, 0.15) is 21.2 Å². The van der Waals surface area contributed by atoms with Crippen molar-refractivity contribution in [2.75, 3.05) is 6.54 Å². The Morgan fingerprint density at radius 3 is 2.64 bits per heavy atom. The molecule has 2 N–H and O–H groups in total. The summed E-state index contributed by atoms with van der Waals surface area (Å²) in [5.41, 5.74) is 5.09. The zero-order valence-corrected chi connectivity index (χ0v) is 6.54. The summed E-state index contributed by atoms with van der Waals surface area (Å²) in [5.74, 6) is -0.455. The van der Waals surface area contributed by atoms with Crippen LogP contribution in [0.4, 0.5) is 0 Å². The van der Waals surface area contributed by atoms with E-state index in [1.54, 1.807) is 0 Å². The van der Waals surface area contributed by atoms with Crippen molar-refractivity contribution in [2.24, 2.45) is 5.73 Å². The SMILES string of the molecule is CC(=O)N1CCCC1C(N)=O.[2HH]. The maximum Gasteiger partial charge on any atom is 0.240 e. The first-order chi connectivity index (χ1) is 5.13. The number of hydrogen-bond acceptors (Lipinski definition) is 2. The molecule has 0 aromatic heterocycles. The van der Waals surface area contributed by atoms with Crippen molar-refractivity contribution in [3.63, 3.8) is 0 Å². The van der Waals surface area contributed by atoms with Crippen LogP contribution in [0.5, 0.6) is 0 Å². The zero-order valence-electron chi connectivity index (χ0n) is 6.54. The number of nitrogens with two attached hydrogens (primary N) is 1. The summed E-state index contributed by atoms with van der Waals surface area (Å²) in [6, 6.07) is -0.354. The molecule has 1 rings (SSSR count). The largest absolute Gasteiger partial charge is 0.368 e. The van der Waals surface area contributed by atoms with Crippen molar-refractivity contribution in [3.8, 4) is 0 Å². The summed E-state index contributed by atoms with van der Waals surface area (Å²) in [5, 5.41) is 0. The molecule has 2 amide bonds. The van der Waals surface area contributed by atoms with Crippen LogP contribution in [0, 0.1) is 0 Å². The van der Waals surface area contributed by atoms with E-state index in [2.05, 4.69) is 0 Å². The summed E-state index contributed by atoms with van der Waals surface area (Å²) in [6.45, 7) is 2.13. The lowest BCUT2D eigenvalue weighted by atomic mass is 10.2. The highest BCUT2D eigenvalue weighted by Gasteiger charge is 2.30. The average Bonchev–Trinajstić information content (AvgIpc) is 2.32. The second-order valence-electron chi connectivity index (χ2n) is 2.77. The first-order valence-corrected chi connectivity index (χ1v) is 3.69. The van der Waals surface area contributed by atoms with E-state index in [1.165, 1.54) is 11.8 Å². The minimum Gasteiger partial charge on any atom is -0.368 e. The summed E-state index contributed by atoms with van der Waals surface area (Å²) < 4.78 is 0. The van der Waals surface area contributed by atoms with E-state index in [0.29, 0.717) is 6.54 Å². The van der Waals surface area contributed by atoms with Crippen LogP contribution in [-0.4, -0.2) is 29.3 Å². The molecule has 4 heteroatoms. The Morgan fingerprint density at radius 2 is 2.27 bits per heavy atom. The molecule has 0 aromatic rings. The van der Waals surface area contributed by atoms with Gasteiger partial charge in [0.2, 0.25) is 11.8 Å². The molecule has 64 valence electrons. The summed E-state index contributed by atoms with van der Waals surface area (Å²) in [6.07, 6.45) is 1.60. The van der Waals surface area contributed by atoms with Crippen LogP contribution >= 0.6 is 0 Å². The zero-order chi connectivity index (χ0) is 8.43. The standard InChI is InChI=1S/C7H12N2O2.H2/c1-5(10)9-4-2-3-6(9)7(8)11;/h6H,2-4H2,1H3,(H2,8,11);1H/i;1+1. The lowest BCUT2D eigenvalue weighted by Gasteiger charge is -2.19. The third-order valence-electron chi connectivity index (χ3n) is 1.99. The molecule has 0 bridgehead atoms. The number of nitrogens with zero attached hydrogens (tertiary/aromatic N) is 1. The molecule has 1 saturated heterocycles. The summed E-state index contributed by atoms with van der Waals surface area (Å²) in [7, 11) is 0. The molecule has 0 radical (unpaired) electrons. The molecule has 0 spiro atoms. The summed E-state index contributed by atoms with van der Waals surface area (Å²) in [4.78, 5) is 23.2. The first-order valence-electron chi connectivity index (χ1n) is 3.69. The Bertz CT molecular complexity index is 176. The molecule has 0 aromatic carbocycles. The number of rotatable bonds is 1. The van der Waals surface area contributed by atoms with Gasteiger partial charge in [-0.3, -0.25) is 9.59 Å². The Morgan fingerprint density at radius 1 is 1.64 bits per heavy atom. The molecule has 1 atom stereocenters. The second-order valence-corrected chi connectivity index (χ2v) is 2.77. The van der Waals surface area contributed by atoms with Gasteiger partial charge in [-0.1, -0.05) is 0 Å². The fourth-order valence-electron chi connectivity index (χ4n) is 1.44. The topological polar surface area (TPSA) is 63.4 Å². The van der Waals surface area contributed by atoms with E-state index in [-0.39, 0.29) is 13.4 Å². The van der Waals surface area contributed by atoms with Crippen LogP contribution in [0.3, 0.4) is 0 Å². The van der Waals surface area contributed by atoms with Crippen LogP contribution < -0.4 is 5.73 Å². The number of carbonyl (C=O) groups excluding carboxylic acids is 2. The van der Waals surface area contributed by atoms with Crippen molar-refractivity contribution < 1.29 is 11.0 Å². The van der Waals surface area contributed by atoms with Gasteiger partial charge in [-0.05, 0) is 12.8 Å². The quantitative estimate of drug-likeness (QED) is 0.572. The minimum atomic E-state index is -0.391. The van der Waals surface area contributed by atoms with Gasteiger partial charge in [-0.25, -0.2) is 0 Å². The van der Waals surface area contributed by atoms with E-state index in [0.717, 1.165) is 12.8 Å². The molecule has 4 nitrogen and oxygen atoms in total. The lowest BCUT2D eigenvalue weighted by Crippen LogP contribution is -2.42. The van der Waals surface area contributed by atoms with Crippen molar-refractivity contribution in [1.82, 2.24) is 4.90 Å². The van der Waals surface area contributed by atoms with Crippen LogP contribution in [0.2, 0.25) is 0 Å². The third kappa shape index (κ3) is 1.50. The lowest BCUT2D eigenvalue weighted by molar-refractivity contribution is -0.135. The molecule has 1 heterocycles. The van der Waals surface area contributed by atoms with Gasteiger partial charge in [0.25, 0.3) is 0 Å². The number of hydrogen-bond donors (Lipinski definition) is 1. The second kappa shape index (κ2) is 2.90. The van der Waals surface area contributed by atoms with Gasteiger partial charge in [-0.2, -0.15) is 0 Å². The third-order valence-corrected chi connectivity index (χ3v) is 1.99. The van der Waals surface area contributed by atoms with Gasteiger partial charge in [0.1, 0.15) is 6.04 Å². The van der Waals surface area contributed by atoms with Crippen LogP contribution in [0.25, 0.3) is 0 Å². The molecule has 0 saturated carbocycles.